The van der Waals surface area contributed by atoms with Crippen LogP contribution in [-0.2, 0) is 4.79 Å². The van der Waals surface area contributed by atoms with Gasteiger partial charge in [0, 0.05) is 11.8 Å². The zero-order chi connectivity index (χ0) is 18.4. The number of hydrogen-bond donors (Lipinski definition) is 1. The number of carbonyl (C=O) groups is 2. The number of imide groups is 1. The maximum absolute atomic E-state index is 13.1. The van der Waals surface area contributed by atoms with E-state index in [1.807, 2.05) is 30.3 Å². The second-order valence-electron chi connectivity index (χ2n) is 7.13. The van der Waals surface area contributed by atoms with Crippen LogP contribution in [0.5, 0.6) is 0 Å². The Bertz CT molecular complexity index is 1020. The highest BCUT2D eigenvalue weighted by Crippen LogP contribution is 2.37. The number of carbonyl (C=O) groups excluding carboxylic acids is 2. The van der Waals surface area contributed by atoms with Gasteiger partial charge in [-0.05, 0) is 31.0 Å². The van der Waals surface area contributed by atoms with Crippen molar-refractivity contribution in [3.63, 3.8) is 0 Å². The number of benzene rings is 1. The highest BCUT2D eigenvalue weighted by atomic mass is 32.1. The van der Waals surface area contributed by atoms with E-state index >= 15 is 0 Å². The van der Waals surface area contributed by atoms with Gasteiger partial charge in [0.25, 0.3) is 5.91 Å². The third-order valence-corrected chi connectivity index (χ3v) is 6.48. The second kappa shape index (κ2) is 6.13. The number of amides is 3. The number of nitrogens with one attached hydrogen (secondary N) is 1. The summed E-state index contributed by atoms with van der Waals surface area (Å²) in [4.78, 5) is 35.8. The zero-order valence-corrected chi connectivity index (χ0v) is 15.5. The molecule has 136 valence electrons. The molecule has 0 unspecified atom stereocenters. The standard InChI is InChI=1S/C20H18N4O2S/c25-18-20(8-4-1-5-9-20)23-19(26)24(18)14-10-13(11-21-12-14)17-22-15-6-2-3-7-16(15)27-17/h2-3,6-7,10-12H,1,4-5,8-9H2,(H,23,26). The van der Waals surface area contributed by atoms with Crippen molar-refractivity contribution in [2.45, 2.75) is 37.6 Å². The minimum Gasteiger partial charge on any atom is -0.323 e. The molecule has 2 aromatic heterocycles. The van der Waals surface area contributed by atoms with Crippen LogP contribution in [0.3, 0.4) is 0 Å². The first-order valence-electron chi connectivity index (χ1n) is 9.14. The van der Waals surface area contributed by atoms with E-state index < -0.39 is 5.54 Å². The molecular formula is C20H18N4O2S. The lowest BCUT2D eigenvalue weighted by molar-refractivity contribution is -0.123. The predicted molar refractivity (Wildman–Crippen MR) is 105 cm³/mol. The van der Waals surface area contributed by atoms with E-state index in [-0.39, 0.29) is 11.9 Å². The van der Waals surface area contributed by atoms with E-state index in [4.69, 9.17) is 0 Å². The van der Waals surface area contributed by atoms with Crippen molar-refractivity contribution in [1.82, 2.24) is 15.3 Å². The number of pyridine rings is 1. The van der Waals surface area contributed by atoms with Gasteiger partial charge in [0.15, 0.2) is 0 Å². The van der Waals surface area contributed by atoms with Gasteiger partial charge < -0.3 is 5.32 Å². The largest absolute Gasteiger partial charge is 0.329 e. The van der Waals surface area contributed by atoms with Crippen LogP contribution in [0.15, 0.2) is 42.7 Å². The molecule has 1 saturated carbocycles. The Morgan fingerprint density at radius 2 is 1.89 bits per heavy atom. The molecule has 1 saturated heterocycles. The summed E-state index contributed by atoms with van der Waals surface area (Å²) in [6.45, 7) is 0. The van der Waals surface area contributed by atoms with Crippen LogP contribution in [0.2, 0.25) is 0 Å². The highest BCUT2D eigenvalue weighted by Gasteiger charge is 2.51. The van der Waals surface area contributed by atoms with Crippen LogP contribution in [0.25, 0.3) is 20.8 Å². The first-order chi connectivity index (χ1) is 13.2. The van der Waals surface area contributed by atoms with Crippen molar-refractivity contribution in [1.29, 1.82) is 0 Å². The van der Waals surface area contributed by atoms with Crippen LogP contribution in [0.1, 0.15) is 32.1 Å². The van der Waals surface area contributed by atoms with Gasteiger partial charge in [-0.2, -0.15) is 0 Å². The van der Waals surface area contributed by atoms with Crippen molar-refractivity contribution in [2.24, 2.45) is 0 Å². The second-order valence-corrected chi connectivity index (χ2v) is 8.16. The van der Waals surface area contributed by atoms with E-state index in [9.17, 15) is 9.59 Å². The van der Waals surface area contributed by atoms with Gasteiger partial charge in [-0.15, -0.1) is 11.3 Å². The molecule has 3 amide bonds. The molecule has 1 aromatic carbocycles. The van der Waals surface area contributed by atoms with E-state index in [0.717, 1.165) is 40.1 Å². The molecule has 27 heavy (non-hydrogen) atoms. The number of nitrogens with zero attached hydrogens (tertiary/aromatic N) is 3. The van der Waals surface area contributed by atoms with Gasteiger partial charge in [0.2, 0.25) is 0 Å². The summed E-state index contributed by atoms with van der Waals surface area (Å²) < 4.78 is 1.09. The summed E-state index contributed by atoms with van der Waals surface area (Å²) in [5.74, 6) is -0.157. The summed E-state index contributed by atoms with van der Waals surface area (Å²) in [5, 5.41) is 3.77. The van der Waals surface area contributed by atoms with Crippen LogP contribution in [0, 0.1) is 0 Å². The smallest absolute Gasteiger partial charge is 0.323 e. The molecule has 1 spiro atoms. The molecule has 2 aliphatic rings. The number of aromatic nitrogens is 2. The lowest BCUT2D eigenvalue weighted by Crippen LogP contribution is -2.48. The lowest BCUT2D eigenvalue weighted by Gasteiger charge is -2.30. The van der Waals surface area contributed by atoms with Crippen molar-refractivity contribution >= 4 is 39.2 Å². The van der Waals surface area contributed by atoms with Crippen molar-refractivity contribution in [3.05, 3.63) is 42.7 Å². The van der Waals surface area contributed by atoms with Crippen LogP contribution in [-0.4, -0.2) is 27.4 Å². The molecule has 3 aromatic rings. The summed E-state index contributed by atoms with van der Waals surface area (Å²) in [5.41, 5.74) is 1.50. The van der Waals surface area contributed by atoms with E-state index in [1.54, 1.807) is 23.7 Å². The highest BCUT2D eigenvalue weighted by molar-refractivity contribution is 7.21. The molecule has 1 N–H and O–H groups in total. The van der Waals surface area contributed by atoms with E-state index in [2.05, 4.69) is 15.3 Å². The Morgan fingerprint density at radius 1 is 1.07 bits per heavy atom. The molecule has 0 radical (unpaired) electrons. The fourth-order valence-corrected chi connectivity index (χ4v) is 4.96. The normalized spacial score (nSPS) is 19.0. The van der Waals surface area contributed by atoms with Crippen LogP contribution >= 0.6 is 11.3 Å². The van der Waals surface area contributed by atoms with Gasteiger partial charge >= 0.3 is 6.03 Å². The number of urea groups is 1. The van der Waals surface area contributed by atoms with Crippen LogP contribution < -0.4 is 10.2 Å². The fourth-order valence-electron chi connectivity index (χ4n) is 4.01. The van der Waals surface area contributed by atoms with Gasteiger partial charge in [-0.3, -0.25) is 9.78 Å². The minimum atomic E-state index is -0.735. The zero-order valence-electron chi connectivity index (χ0n) is 14.6. The number of hydrogen-bond acceptors (Lipinski definition) is 5. The molecule has 1 aliphatic heterocycles. The number of fused-ring (bicyclic) bond motifs is 1. The molecule has 2 fully saturated rings. The lowest BCUT2D eigenvalue weighted by atomic mass is 9.82. The van der Waals surface area contributed by atoms with Gasteiger partial charge in [-0.25, -0.2) is 14.7 Å². The van der Waals surface area contributed by atoms with Crippen LogP contribution in [0.4, 0.5) is 10.5 Å². The van der Waals surface area contributed by atoms with Crippen molar-refractivity contribution in [3.8, 4) is 10.6 Å². The SMILES string of the molecule is O=C1NC2(CCCCC2)C(=O)N1c1cncc(-c2nc3ccccc3s2)c1. The van der Waals surface area contributed by atoms with Crippen molar-refractivity contribution in [2.75, 3.05) is 4.90 Å². The minimum absolute atomic E-state index is 0.157. The summed E-state index contributed by atoms with van der Waals surface area (Å²) in [7, 11) is 0. The van der Waals surface area contributed by atoms with E-state index in [0.29, 0.717) is 18.5 Å². The molecule has 7 heteroatoms. The maximum atomic E-state index is 13.1. The van der Waals surface area contributed by atoms with Gasteiger partial charge in [0.05, 0.1) is 22.1 Å². The number of thiazole rings is 1. The molecule has 0 bridgehead atoms. The molecule has 6 nitrogen and oxygen atoms in total. The Kier molecular flexibility index (Phi) is 3.72. The molecule has 1 aliphatic carbocycles. The monoisotopic (exact) mass is 378 g/mol. The fraction of sp³-hybridized carbons (Fsp3) is 0.300. The van der Waals surface area contributed by atoms with Gasteiger partial charge in [-0.1, -0.05) is 31.4 Å². The number of para-hydroxylation sites is 1. The summed E-state index contributed by atoms with van der Waals surface area (Å²) in [6, 6.07) is 9.40. The topological polar surface area (TPSA) is 75.2 Å². The first-order valence-corrected chi connectivity index (χ1v) is 9.96. The molecule has 0 atom stereocenters. The average Bonchev–Trinajstić information content (AvgIpc) is 3.22. The van der Waals surface area contributed by atoms with E-state index in [1.165, 1.54) is 4.90 Å². The number of anilines is 1. The number of rotatable bonds is 2. The maximum Gasteiger partial charge on any atom is 0.329 e. The third-order valence-electron chi connectivity index (χ3n) is 5.39. The average molecular weight is 378 g/mol. The van der Waals surface area contributed by atoms with Gasteiger partial charge in [0.1, 0.15) is 10.5 Å². The molecular weight excluding hydrogens is 360 g/mol. The Balaban J connectivity index is 1.52. The Morgan fingerprint density at radius 3 is 2.70 bits per heavy atom. The molecule has 3 heterocycles. The molecule has 5 rings (SSSR count). The quantitative estimate of drug-likeness (QED) is 0.681. The first kappa shape index (κ1) is 16.4. The third kappa shape index (κ3) is 2.61. The summed E-state index contributed by atoms with van der Waals surface area (Å²) in [6.07, 6.45) is 7.73. The van der Waals surface area contributed by atoms with Crippen molar-refractivity contribution < 1.29 is 9.59 Å². The predicted octanol–water partition coefficient (Wildman–Crippen LogP) is 4.12. The Hall–Kier alpha value is -2.80. The summed E-state index contributed by atoms with van der Waals surface area (Å²) >= 11 is 1.57. The Labute approximate surface area is 160 Å².